The van der Waals surface area contributed by atoms with Gasteiger partial charge in [-0.2, -0.15) is 0 Å². The Bertz CT molecular complexity index is 414. The molecule has 0 aromatic heterocycles. The molecule has 4 heteroatoms. The number of benzene rings is 1. The largest absolute Gasteiger partial charge is 3.00 e. The first kappa shape index (κ1) is 18.6. The summed E-state index contributed by atoms with van der Waals surface area (Å²) in [7, 11) is 1.74. The van der Waals surface area contributed by atoms with Crippen LogP contribution in [0.1, 0.15) is 18.6 Å². The molecule has 0 fully saturated rings. The second-order valence-corrected chi connectivity index (χ2v) is 3.25. The van der Waals surface area contributed by atoms with E-state index in [1.807, 2.05) is 0 Å². The summed E-state index contributed by atoms with van der Waals surface area (Å²) in [6.45, 7) is 2.07. The van der Waals surface area contributed by atoms with E-state index >= 15 is 0 Å². The molecule has 2 rings (SSSR count). The molecule has 1 nitrogen and oxygen atoms in total. The molecular weight excluding hydrogens is 322 g/mol. The Morgan fingerprint density at radius 3 is 2.44 bits per heavy atom. The molecule has 1 atom stereocenters. The minimum absolute atomic E-state index is 0. The van der Waals surface area contributed by atoms with Crippen molar-refractivity contribution >= 4 is 10.8 Å². The van der Waals surface area contributed by atoms with Crippen molar-refractivity contribution in [3.8, 4) is 0 Å². The molecule has 0 aliphatic heterocycles. The number of halogens is 2. The number of fused-ring (bicyclic) bond motifs is 1. The second-order valence-electron chi connectivity index (χ2n) is 3.25. The predicted octanol–water partition coefficient (Wildman–Crippen LogP) is -2.73. The first-order valence-corrected chi connectivity index (χ1v) is 4.50. The fourth-order valence-corrected chi connectivity index (χ4v) is 1.66. The summed E-state index contributed by atoms with van der Waals surface area (Å²) in [5.74, 6) is 0. The third-order valence-electron chi connectivity index (χ3n) is 2.51. The monoisotopic (exact) mass is 333 g/mol. The van der Waals surface area contributed by atoms with Crippen LogP contribution < -0.4 is 24.8 Å². The van der Waals surface area contributed by atoms with Gasteiger partial charge in [-0.3, -0.25) is 0 Å². The Labute approximate surface area is 128 Å². The molecule has 16 heavy (non-hydrogen) atoms. The van der Waals surface area contributed by atoms with E-state index < -0.39 is 0 Å². The molecule has 0 bridgehead atoms. The van der Waals surface area contributed by atoms with Crippen molar-refractivity contribution in [1.29, 1.82) is 0 Å². The molecule has 1 unspecified atom stereocenters. The Kier molecular flexibility index (Phi) is 9.73. The molecule has 85 valence electrons. The van der Waals surface area contributed by atoms with E-state index in [1.165, 1.54) is 16.3 Å². The molecule has 0 spiro atoms. The topological polar surface area (TPSA) is 9.23 Å². The van der Waals surface area contributed by atoms with Gasteiger partial charge in [-0.05, 0) is 6.92 Å². The van der Waals surface area contributed by atoms with Gasteiger partial charge in [0.2, 0.25) is 0 Å². The summed E-state index contributed by atoms with van der Waals surface area (Å²) in [5, 5.41) is 2.60. The molecule has 0 heterocycles. The Balaban J connectivity index is 0. The van der Waals surface area contributed by atoms with Crippen LogP contribution in [0.2, 0.25) is 0 Å². The van der Waals surface area contributed by atoms with E-state index in [0.29, 0.717) is 0 Å². The van der Waals surface area contributed by atoms with E-state index in [2.05, 4.69) is 43.3 Å². The van der Waals surface area contributed by atoms with Gasteiger partial charge >= 0.3 is 26.2 Å². The summed E-state index contributed by atoms with van der Waals surface area (Å²) in [5.41, 5.74) is 1.28. The molecule has 0 N–H and O–H groups in total. The van der Waals surface area contributed by atoms with E-state index in [0.717, 1.165) is 0 Å². The van der Waals surface area contributed by atoms with Crippen molar-refractivity contribution in [2.24, 2.45) is 0 Å². The van der Waals surface area contributed by atoms with Gasteiger partial charge in [-0.25, -0.2) is 0 Å². The zero-order valence-electron chi connectivity index (χ0n) is 9.21. The van der Waals surface area contributed by atoms with Gasteiger partial charge in [0.25, 0.3) is 0 Å². The molecule has 0 saturated carbocycles. The van der Waals surface area contributed by atoms with Crippen molar-refractivity contribution < 1.29 is 55.8 Å². The molecule has 0 amide bonds. The van der Waals surface area contributed by atoms with E-state index in [-0.39, 0.29) is 57.1 Å². The predicted molar refractivity (Wildman–Crippen MR) is 55.0 cm³/mol. The van der Waals surface area contributed by atoms with Gasteiger partial charge in [0.15, 0.2) is 0 Å². The maximum Gasteiger partial charge on any atom is 3.00 e. The first-order chi connectivity index (χ1) is 6.33. The summed E-state index contributed by atoms with van der Waals surface area (Å²) in [6, 6.07) is 12.7. The van der Waals surface area contributed by atoms with Crippen LogP contribution in [-0.2, 0) is 30.9 Å². The van der Waals surface area contributed by atoms with Crippen LogP contribution in [0.5, 0.6) is 0 Å². The quantitative estimate of drug-likeness (QED) is 0.542. The third kappa shape index (κ3) is 3.63. The smallest absolute Gasteiger partial charge is 1.00 e. The zero-order chi connectivity index (χ0) is 9.26. The molecule has 0 aliphatic rings. The van der Waals surface area contributed by atoms with Crippen LogP contribution in [0, 0.1) is 0 Å². The minimum atomic E-state index is 0. The minimum Gasteiger partial charge on any atom is -1.00 e. The van der Waals surface area contributed by atoms with Crippen LogP contribution in [0.4, 0.5) is 0 Å². The van der Waals surface area contributed by atoms with Gasteiger partial charge < -0.3 is 29.6 Å². The maximum absolute atomic E-state index is 5.30. The average molecular weight is 335 g/mol. The number of hydrogen-bond donors (Lipinski definition) is 0. The van der Waals surface area contributed by atoms with Gasteiger partial charge in [0.05, 0.1) is 0 Å². The van der Waals surface area contributed by atoms with Crippen molar-refractivity contribution in [1.82, 2.24) is 0 Å². The Morgan fingerprint density at radius 1 is 1.19 bits per heavy atom. The summed E-state index contributed by atoms with van der Waals surface area (Å²) in [6.07, 6.45) is 0.180. The van der Waals surface area contributed by atoms with E-state index in [9.17, 15) is 0 Å². The number of rotatable bonds is 2. The zero-order valence-corrected chi connectivity index (χ0v) is 13.2. The normalized spacial score (nSPS) is 10.9. The van der Waals surface area contributed by atoms with Crippen LogP contribution in [-0.4, -0.2) is 7.11 Å². The van der Waals surface area contributed by atoms with Crippen molar-refractivity contribution in [3.05, 3.63) is 42.0 Å². The van der Waals surface area contributed by atoms with Crippen LogP contribution in [0.25, 0.3) is 10.8 Å². The third-order valence-corrected chi connectivity index (χ3v) is 2.51. The van der Waals surface area contributed by atoms with Gasteiger partial charge in [0.1, 0.15) is 0 Å². The Hall–Kier alpha value is 0.253. The van der Waals surface area contributed by atoms with E-state index in [1.54, 1.807) is 7.11 Å². The average Bonchev–Trinajstić information content (AvgIpc) is 2.60. The molecule has 0 aliphatic carbocycles. The van der Waals surface area contributed by atoms with Crippen molar-refractivity contribution in [3.63, 3.8) is 0 Å². The molecule has 2 aromatic carbocycles. The summed E-state index contributed by atoms with van der Waals surface area (Å²) >= 11 is 0. The van der Waals surface area contributed by atoms with E-state index in [4.69, 9.17) is 4.74 Å². The van der Waals surface area contributed by atoms with Crippen LogP contribution >= 0.6 is 0 Å². The van der Waals surface area contributed by atoms with Gasteiger partial charge in [0, 0.05) is 13.2 Å². The number of ether oxygens (including phenoxy) is 1. The summed E-state index contributed by atoms with van der Waals surface area (Å²) in [4.78, 5) is 0. The van der Waals surface area contributed by atoms with Gasteiger partial charge in [-0.15, -0.1) is 46.7 Å². The second kappa shape index (κ2) is 8.36. The summed E-state index contributed by atoms with van der Waals surface area (Å²) < 4.78 is 5.30. The number of methoxy groups -OCH3 is 1. The van der Waals surface area contributed by atoms with Crippen molar-refractivity contribution in [2.45, 2.75) is 13.0 Å². The SMILES string of the molecule is COC(C)c1c[cH-]c2ccccc12.[Cl-].[Cl-].[Zr+3]. The maximum atomic E-state index is 5.30. The molecule has 0 saturated heterocycles. The van der Waals surface area contributed by atoms with Crippen LogP contribution in [0.3, 0.4) is 0 Å². The fourth-order valence-electron chi connectivity index (χ4n) is 1.66. The molecule has 2 aromatic rings. The Morgan fingerprint density at radius 2 is 1.81 bits per heavy atom. The van der Waals surface area contributed by atoms with Gasteiger partial charge in [-0.1, -0.05) is 6.07 Å². The number of hydrogen-bond acceptors (Lipinski definition) is 1. The molecular formula is C12H13Cl2OZr. The standard InChI is InChI=1S/C12H13O.2ClH.Zr/c1-9(13-2)11-8-7-10-5-3-4-6-12(10)11;;;/h3-9H,1-2H3;2*1H;/q-1;;;+3/p-2. The first-order valence-electron chi connectivity index (χ1n) is 4.50. The molecule has 1 radical (unpaired) electrons. The fraction of sp³-hybridized carbons (Fsp3) is 0.250. The van der Waals surface area contributed by atoms with Crippen LogP contribution in [0.15, 0.2) is 36.4 Å². The van der Waals surface area contributed by atoms with Crippen molar-refractivity contribution in [2.75, 3.05) is 7.11 Å².